The van der Waals surface area contributed by atoms with Crippen molar-refractivity contribution >= 4 is 22.7 Å². The average molecular weight is 400 g/mol. The molecule has 1 N–H and O–H groups in total. The van der Waals surface area contributed by atoms with Crippen LogP contribution in [0.4, 0.5) is 5.69 Å². The molecule has 150 valence electrons. The van der Waals surface area contributed by atoms with E-state index in [1.54, 1.807) is 18.2 Å². The van der Waals surface area contributed by atoms with Crippen molar-refractivity contribution in [1.29, 1.82) is 0 Å². The zero-order chi connectivity index (χ0) is 20.7. The van der Waals surface area contributed by atoms with Crippen molar-refractivity contribution in [2.24, 2.45) is 0 Å². The fraction of sp³-hybridized carbons (Fsp3) is 0.167. The molecule has 5 rings (SSSR count). The van der Waals surface area contributed by atoms with Crippen molar-refractivity contribution in [2.45, 2.75) is 13.8 Å². The standard InChI is InChI=1S/C24H20N2O4/c1-14-6-8-20-19(12-14)26-24(30-20)17-4-3-5-18(15(17)2)25-23(27)16-7-9-21-22(13-16)29-11-10-28-21/h3-9,12-13H,10-11H2,1-2H3,(H,25,27). The quantitative estimate of drug-likeness (QED) is 0.516. The molecule has 4 aromatic rings. The number of nitrogens with one attached hydrogen (secondary N) is 1. The van der Waals surface area contributed by atoms with Crippen LogP contribution in [0.15, 0.2) is 59.0 Å². The first-order valence-corrected chi connectivity index (χ1v) is 9.77. The van der Waals surface area contributed by atoms with E-state index in [0.717, 1.165) is 27.8 Å². The number of amides is 1. The molecule has 0 atom stereocenters. The zero-order valence-electron chi connectivity index (χ0n) is 16.7. The van der Waals surface area contributed by atoms with Gasteiger partial charge < -0.3 is 19.2 Å². The number of rotatable bonds is 3. The van der Waals surface area contributed by atoms with Gasteiger partial charge in [-0.1, -0.05) is 12.1 Å². The maximum Gasteiger partial charge on any atom is 0.255 e. The summed E-state index contributed by atoms with van der Waals surface area (Å²) >= 11 is 0. The Bertz CT molecular complexity index is 1280. The van der Waals surface area contributed by atoms with Gasteiger partial charge in [0.2, 0.25) is 5.89 Å². The van der Waals surface area contributed by atoms with E-state index in [1.807, 2.05) is 50.2 Å². The monoisotopic (exact) mass is 400 g/mol. The van der Waals surface area contributed by atoms with E-state index in [2.05, 4.69) is 10.3 Å². The summed E-state index contributed by atoms with van der Waals surface area (Å²) in [6.07, 6.45) is 0. The SMILES string of the molecule is Cc1ccc2oc(-c3cccc(NC(=O)c4ccc5c(c4)OCCO5)c3C)nc2c1. The summed E-state index contributed by atoms with van der Waals surface area (Å²) in [6.45, 7) is 4.95. The van der Waals surface area contributed by atoms with Gasteiger partial charge in [-0.3, -0.25) is 4.79 Å². The predicted octanol–water partition coefficient (Wildman–Crippen LogP) is 5.14. The number of carbonyl (C=O) groups is 1. The summed E-state index contributed by atoms with van der Waals surface area (Å²) < 4.78 is 17.0. The van der Waals surface area contributed by atoms with Crippen molar-refractivity contribution in [3.63, 3.8) is 0 Å². The molecule has 0 bridgehead atoms. The lowest BCUT2D eigenvalue weighted by Crippen LogP contribution is -2.17. The molecule has 0 spiro atoms. The highest BCUT2D eigenvalue weighted by Crippen LogP contribution is 2.33. The Hall–Kier alpha value is -3.80. The molecule has 1 amide bonds. The molecule has 1 aromatic heterocycles. The molecule has 30 heavy (non-hydrogen) atoms. The highest BCUT2D eigenvalue weighted by Gasteiger charge is 2.17. The van der Waals surface area contributed by atoms with E-state index in [-0.39, 0.29) is 5.91 Å². The van der Waals surface area contributed by atoms with E-state index in [9.17, 15) is 4.79 Å². The van der Waals surface area contributed by atoms with Gasteiger partial charge in [0.15, 0.2) is 17.1 Å². The fourth-order valence-corrected chi connectivity index (χ4v) is 3.53. The second kappa shape index (κ2) is 7.22. The Labute approximate surface area is 173 Å². The third-order valence-electron chi connectivity index (χ3n) is 5.16. The zero-order valence-corrected chi connectivity index (χ0v) is 16.7. The Balaban J connectivity index is 1.45. The number of carbonyl (C=O) groups excluding carboxylic acids is 1. The van der Waals surface area contributed by atoms with Gasteiger partial charge in [0.05, 0.1) is 0 Å². The number of nitrogens with zero attached hydrogens (tertiary/aromatic N) is 1. The summed E-state index contributed by atoms with van der Waals surface area (Å²) in [5.41, 5.74) is 5.60. The molecular formula is C24H20N2O4. The highest BCUT2D eigenvalue weighted by molar-refractivity contribution is 6.05. The van der Waals surface area contributed by atoms with Crippen LogP contribution in [-0.4, -0.2) is 24.1 Å². The largest absolute Gasteiger partial charge is 0.486 e. The number of aromatic nitrogens is 1. The normalized spacial score (nSPS) is 12.7. The minimum absolute atomic E-state index is 0.222. The van der Waals surface area contributed by atoms with Crippen LogP contribution in [-0.2, 0) is 0 Å². The molecule has 0 aliphatic carbocycles. The number of ether oxygens (including phenoxy) is 2. The smallest absolute Gasteiger partial charge is 0.255 e. The summed E-state index contributed by atoms with van der Waals surface area (Å²) in [5, 5.41) is 2.98. The molecule has 2 heterocycles. The van der Waals surface area contributed by atoms with Gasteiger partial charge in [0.25, 0.3) is 5.91 Å². The first kappa shape index (κ1) is 18.2. The van der Waals surface area contributed by atoms with E-state index in [4.69, 9.17) is 13.9 Å². The molecule has 0 radical (unpaired) electrons. The molecule has 6 heteroatoms. The second-order valence-corrected chi connectivity index (χ2v) is 7.28. The Kier molecular flexibility index (Phi) is 4.39. The summed E-state index contributed by atoms with van der Waals surface area (Å²) in [6, 6.07) is 16.8. The third kappa shape index (κ3) is 3.26. The van der Waals surface area contributed by atoms with Crippen molar-refractivity contribution in [1.82, 2.24) is 4.98 Å². The maximum atomic E-state index is 12.8. The minimum Gasteiger partial charge on any atom is -0.486 e. The van der Waals surface area contributed by atoms with E-state index >= 15 is 0 Å². The number of aryl methyl sites for hydroxylation is 1. The van der Waals surface area contributed by atoms with Crippen molar-refractivity contribution in [3.05, 3.63) is 71.3 Å². The van der Waals surface area contributed by atoms with Crippen LogP contribution in [0.25, 0.3) is 22.6 Å². The van der Waals surface area contributed by atoms with Gasteiger partial charge in [0.1, 0.15) is 18.7 Å². The highest BCUT2D eigenvalue weighted by atomic mass is 16.6. The van der Waals surface area contributed by atoms with Crippen molar-refractivity contribution in [2.75, 3.05) is 18.5 Å². The molecule has 1 aliphatic rings. The van der Waals surface area contributed by atoms with Gasteiger partial charge >= 0.3 is 0 Å². The first-order chi connectivity index (χ1) is 14.6. The third-order valence-corrected chi connectivity index (χ3v) is 5.16. The lowest BCUT2D eigenvalue weighted by atomic mass is 10.1. The molecule has 3 aromatic carbocycles. The maximum absolute atomic E-state index is 12.8. The average Bonchev–Trinajstić information content (AvgIpc) is 3.17. The number of anilines is 1. The first-order valence-electron chi connectivity index (χ1n) is 9.77. The summed E-state index contributed by atoms with van der Waals surface area (Å²) in [4.78, 5) is 17.5. The van der Waals surface area contributed by atoms with Gasteiger partial charge in [-0.2, -0.15) is 0 Å². The molecule has 0 unspecified atom stereocenters. The molecule has 0 saturated heterocycles. The summed E-state index contributed by atoms with van der Waals surface area (Å²) in [7, 11) is 0. The van der Waals surface area contributed by atoms with Gasteiger partial charge in [0, 0.05) is 16.8 Å². The Morgan fingerprint density at radius 3 is 2.67 bits per heavy atom. The molecule has 6 nitrogen and oxygen atoms in total. The number of oxazole rings is 1. The summed E-state index contributed by atoms with van der Waals surface area (Å²) in [5.74, 6) is 1.55. The number of benzene rings is 3. The predicted molar refractivity (Wildman–Crippen MR) is 114 cm³/mol. The lowest BCUT2D eigenvalue weighted by molar-refractivity contribution is 0.102. The Morgan fingerprint density at radius 2 is 1.80 bits per heavy atom. The van der Waals surface area contributed by atoms with Crippen LogP contribution in [0.1, 0.15) is 21.5 Å². The minimum atomic E-state index is -0.222. The molecule has 1 aliphatic heterocycles. The van der Waals surface area contributed by atoms with E-state index in [0.29, 0.717) is 41.9 Å². The number of hydrogen-bond acceptors (Lipinski definition) is 5. The lowest BCUT2D eigenvalue weighted by Gasteiger charge is -2.19. The molecular weight excluding hydrogens is 380 g/mol. The van der Waals surface area contributed by atoms with E-state index in [1.165, 1.54) is 0 Å². The number of hydrogen-bond donors (Lipinski definition) is 1. The molecule has 0 fully saturated rings. The van der Waals surface area contributed by atoms with Crippen molar-refractivity contribution < 1.29 is 18.7 Å². The van der Waals surface area contributed by atoms with Crippen LogP contribution in [0.3, 0.4) is 0 Å². The van der Waals surface area contributed by atoms with Crippen LogP contribution in [0.2, 0.25) is 0 Å². The topological polar surface area (TPSA) is 73.6 Å². The van der Waals surface area contributed by atoms with E-state index < -0.39 is 0 Å². The van der Waals surface area contributed by atoms with Crippen molar-refractivity contribution in [3.8, 4) is 23.0 Å². The molecule has 0 saturated carbocycles. The van der Waals surface area contributed by atoms with Crippen LogP contribution in [0.5, 0.6) is 11.5 Å². The van der Waals surface area contributed by atoms with Crippen LogP contribution >= 0.6 is 0 Å². The van der Waals surface area contributed by atoms with Gasteiger partial charge in [-0.25, -0.2) is 4.98 Å². The van der Waals surface area contributed by atoms with Crippen LogP contribution < -0.4 is 14.8 Å². The number of fused-ring (bicyclic) bond motifs is 2. The van der Waals surface area contributed by atoms with Gasteiger partial charge in [-0.05, 0) is 67.4 Å². The van der Waals surface area contributed by atoms with Gasteiger partial charge in [-0.15, -0.1) is 0 Å². The Morgan fingerprint density at radius 1 is 0.967 bits per heavy atom. The fourth-order valence-electron chi connectivity index (χ4n) is 3.53. The second-order valence-electron chi connectivity index (χ2n) is 7.28. The van der Waals surface area contributed by atoms with Crippen LogP contribution in [0, 0.1) is 13.8 Å².